The van der Waals surface area contributed by atoms with Crippen LogP contribution in [0.1, 0.15) is 30.0 Å². The molecule has 3 aromatic rings. The monoisotopic (exact) mass is 406 g/mol. The van der Waals surface area contributed by atoms with Crippen LogP contribution in [-0.4, -0.2) is 36.1 Å². The highest BCUT2D eigenvalue weighted by Crippen LogP contribution is 2.31. The average molecular weight is 407 g/mol. The average Bonchev–Trinajstić information content (AvgIpc) is 2.75. The maximum absolute atomic E-state index is 14.9. The summed E-state index contributed by atoms with van der Waals surface area (Å²) in [7, 11) is 2.13. The molecule has 2 heterocycles. The summed E-state index contributed by atoms with van der Waals surface area (Å²) in [6.45, 7) is 2.08. The van der Waals surface area contributed by atoms with Crippen LogP contribution >= 0.6 is 0 Å². The molecule has 4 rings (SSSR count). The molecule has 1 aliphatic heterocycles. The van der Waals surface area contributed by atoms with Gasteiger partial charge in [-0.1, -0.05) is 24.3 Å². The van der Waals surface area contributed by atoms with Gasteiger partial charge in [0.25, 0.3) is 0 Å². The molecule has 0 amide bonds. The summed E-state index contributed by atoms with van der Waals surface area (Å²) in [6, 6.07) is 15.7. The molecule has 1 aromatic heterocycles. The van der Waals surface area contributed by atoms with Gasteiger partial charge in [-0.25, -0.2) is 4.39 Å². The number of likely N-dealkylation sites (tertiary alicyclic amines) is 1. The smallest absolute Gasteiger partial charge is 0.132 e. The molecule has 30 heavy (non-hydrogen) atoms. The van der Waals surface area contributed by atoms with E-state index < -0.39 is 11.9 Å². The summed E-state index contributed by atoms with van der Waals surface area (Å²) in [5.41, 5.74) is 8.57. The maximum Gasteiger partial charge on any atom is 0.132 e. The van der Waals surface area contributed by atoms with E-state index in [2.05, 4.69) is 22.2 Å². The van der Waals surface area contributed by atoms with Crippen molar-refractivity contribution in [2.75, 3.05) is 25.5 Å². The number of para-hydroxylation sites is 1. The number of anilines is 1. The number of hydrogen-bond acceptors (Lipinski definition) is 5. The van der Waals surface area contributed by atoms with E-state index in [-0.39, 0.29) is 0 Å². The standard InChI is InChI=1S/C24H27FN4O/c1-29-13-5-6-17(16-29)28-23-11-12-27-15-21(23)24(26)20-10-9-19(14-22(20)25)30-18-7-3-2-4-8-18/h2-4,7-12,14-15,17,24H,5-6,13,16,26H2,1H3,(H,27,28). The van der Waals surface area contributed by atoms with Crippen molar-refractivity contribution in [2.45, 2.75) is 24.9 Å². The molecular weight excluding hydrogens is 379 g/mol. The second-order valence-corrected chi connectivity index (χ2v) is 7.78. The quantitative estimate of drug-likeness (QED) is 0.628. The van der Waals surface area contributed by atoms with Crippen LogP contribution in [-0.2, 0) is 0 Å². The normalized spacial score (nSPS) is 18.0. The lowest BCUT2D eigenvalue weighted by Crippen LogP contribution is -2.40. The predicted molar refractivity (Wildman–Crippen MR) is 117 cm³/mol. The van der Waals surface area contributed by atoms with Gasteiger partial charge in [-0.15, -0.1) is 0 Å². The number of aromatic nitrogens is 1. The van der Waals surface area contributed by atoms with E-state index in [9.17, 15) is 4.39 Å². The number of pyridine rings is 1. The van der Waals surface area contributed by atoms with Crippen molar-refractivity contribution >= 4 is 5.69 Å². The number of nitrogens with two attached hydrogens (primary N) is 1. The molecule has 2 unspecified atom stereocenters. The zero-order chi connectivity index (χ0) is 20.9. The maximum atomic E-state index is 14.9. The van der Waals surface area contributed by atoms with Crippen molar-refractivity contribution < 1.29 is 9.13 Å². The van der Waals surface area contributed by atoms with Gasteiger partial charge in [0.2, 0.25) is 0 Å². The van der Waals surface area contributed by atoms with Crippen molar-refractivity contribution in [3.63, 3.8) is 0 Å². The molecule has 1 fully saturated rings. The van der Waals surface area contributed by atoms with E-state index in [1.54, 1.807) is 24.5 Å². The Morgan fingerprint density at radius 2 is 1.97 bits per heavy atom. The number of benzene rings is 2. The van der Waals surface area contributed by atoms with Crippen LogP contribution in [0.15, 0.2) is 67.0 Å². The molecular formula is C24H27FN4O. The zero-order valence-electron chi connectivity index (χ0n) is 17.1. The van der Waals surface area contributed by atoms with Crippen LogP contribution in [0.4, 0.5) is 10.1 Å². The topological polar surface area (TPSA) is 63.4 Å². The van der Waals surface area contributed by atoms with Crippen molar-refractivity contribution in [1.29, 1.82) is 0 Å². The van der Waals surface area contributed by atoms with Crippen LogP contribution in [0.2, 0.25) is 0 Å². The molecule has 0 saturated carbocycles. The summed E-state index contributed by atoms with van der Waals surface area (Å²) in [6.07, 6.45) is 5.70. The molecule has 0 spiro atoms. The van der Waals surface area contributed by atoms with Crippen molar-refractivity contribution in [3.05, 3.63) is 83.9 Å². The van der Waals surface area contributed by atoms with Gasteiger partial charge in [-0.05, 0) is 50.7 Å². The van der Waals surface area contributed by atoms with Crippen LogP contribution in [0.5, 0.6) is 11.5 Å². The summed E-state index contributed by atoms with van der Waals surface area (Å²) < 4.78 is 20.6. The van der Waals surface area contributed by atoms with Gasteiger partial charge in [0.1, 0.15) is 17.3 Å². The number of likely N-dealkylation sites (N-methyl/N-ethyl adjacent to an activating group) is 1. The zero-order valence-corrected chi connectivity index (χ0v) is 17.1. The predicted octanol–water partition coefficient (Wildman–Crippen LogP) is 4.57. The van der Waals surface area contributed by atoms with E-state index in [0.717, 1.165) is 37.2 Å². The summed E-state index contributed by atoms with van der Waals surface area (Å²) in [4.78, 5) is 6.54. The van der Waals surface area contributed by atoms with Crippen LogP contribution in [0.3, 0.4) is 0 Å². The molecule has 0 aliphatic carbocycles. The minimum atomic E-state index is -0.631. The first-order chi connectivity index (χ1) is 14.6. The van der Waals surface area contributed by atoms with Crippen molar-refractivity contribution in [3.8, 4) is 11.5 Å². The molecule has 5 nitrogen and oxygen atoms in total. The van der Waals surface area contributed by atoms with Crippen LogP contribution < -0.4 is 15.8 Å². The summed E-state index contributed by atoms with van der Waals surface area (Å²) in [5, 5.41) is 3.59. The lowest BCUT2D eigenvalue weighted by atomic mass is 9.98. The van der Waals surface area contributed by atoms with E-state index in [1.807, 2.05) is 36.4 Å². The number of nitrogens with one attached hydrogen (secondary N) is 1. The highest BCUT2D eigenvalue weighted by Gasteiger charge is 2.21. The molecule has 3 N–H and O–H groups in total. The van der Waals surface area contributed by atoms with Crippen molar-refractivity contribution in [1.82, 2.24) is 9.88 Å². The number of piperidine rings is 1. The third-order valence-corrected chi connectivity index (χ3v) is 5.46. The first kappa shape index (κ1) is 20.3. The second kappa shape index (κ2) is 9.24. The Labute approximate surface area is 176 Å². The van der Waals surface area contributed by atoms with E-state index in [1.165, 1.54) is 6.07 Å². The van der Waals surface area contributed by atoms with Gasteiger partial charge in [-0.3, -0.25) is 4.98 Å². The van der Waals surface area contributed by atoms with Crippen LogP contribution in [0.25, 0.3) is 0 Å². The van der Waals surface area contributed by atoms with Crippen LogP contribution in [0, 0.1) is 5.82 Å². The first-order valence-electron chi connectivity index (χ1n) is 10.3. The Hall–Kier alpha value is -2.96. The van der Waals surface area contributed by atoms with Gasteiger partial charge in [0.05, 0.1) is 6.04 Å². The Balaban J connectivity index is 1.53. The number of ether oxygens (including phenoxy) is 1. The fourth-order valence-corrected chi connectivity index (χ4v) is 3.91. The lowest BCUT2D eigenvalue weighted by molar-refractivity contribution is 0.261. The number of halogens is 1. The number of nitrogens with zero attached hydrogens (tertiary/aromatic N) is 2. The molecule has 2 aromatic carbocycles. The van der Waals surface area contributed by atoms with E-state index in [0.29, 0.717) is 23.1 Å². The molecule has 6 heteroatoms. The summed E-state index contributed by atoms with van der Waals surface area (Å²) >= 11 is 0. The van der Waals surface area contributed by atoms with E-state index in [4.69, 9.17) is 10.5 Å². The Bertz CT molecular complexity index is 982. The van der Waals surface area contributed by atoms with Gasteiger partial charge in [0, 0.05) is 47.9 Å². The largest absolute Gasteiger partial charge is 0.457 e. The fraction of sp³-hybridized carbons (Fsp3) is 0.292. The van der Waals surface area contributed by atoms with Gasteiger partial charge < -0.3 is 20.7 Å². The minimum absolute atomic E-state index is 0.337. The van der Waals surface area contributed by atoms with Crippen molar-refractivity contribution in [2.24, 2.45) is 5.73 Å². The van der Waals surface area contributed by atoms with Gasteiger partial charge >= 0.3 is 0 Å². The third-order valence-electron chi connectivity index (χ3n) is 5.46. The molecule has 0 radical (unpaired) electrons. The molecule has 0 bridgehead atoms. The third kappa shape index (κ3) is 4.78. The number of hydrogen-bond donors (Lipinski definition) is 2. The minimum Gasteiger partial charge on any atom is -0.457 e. The Morgan fingerprint density at radius 1 is 1.13 bits per heavy atom. The molecule has 1 aliphatic rings. The SMILES string of the molecule is CN1CCCC(Nc2ccncc2C(N)c2ccc(Oc3ccccc3)cc2F)C1. The van der Waals surface area contributed by atoms with E-state index >= 15 is 0 Å². The Kier molecular flexibility index (Phi) is 6.26. The first-order valence-corrected chi connectivity index (χ1v) is 10.3. The molecule has 1 saturated heterocycles. The lowest BCUT2D eigenvalue weighted by Gasteiger charge is -2.32. The highest BCUT2D eigenvalue weighted by atomic mass is 19.1. The molecule has 2 atom stereocenters. The fourth-order valence-electron chi connectivity index (χ4n) is 3.91. The highest BCUT2D eigenvalue weighted by molar-refractivity contribution is 5.54. The van der Waals surface area contributed by atoms with Gasteiger partial charge in [0.15, 0.2) is 0 Å². The number of rotatable bonds is 6. The second-order valence-electron chi connectivity index (χ2n) is 7.78. The molecule has 156 valence electrons. The Morgan fingerprint density at radius 3 is 2.73 bits per heavy atom. The van der Waals surface area contributed by atoms with Gasteiger partial charge in [-0.2, -0.15) is 0 Å². The summed E-state index contributed by atoms with van der Waals surface area (Å²) in [5.74, 6) is 0.692.